The fraction of sp³-hybridized carbons (Fsp3) is 0.462. The molecule has 0 fully saturated rings. The number of hydrogen-bond acceptors (Lipinski definition) is 3. The zero-order valence-electron chi connectivity index (χ0n) is 10.4. The maximum absolute atomic E-state index is 12.6. The van der Waals surface area contributed by atoms with Gasteiger partial charge in [0.1, 0.15) is 11.6 Å². The van der Waals surface area contributed by atoms with Crippen molar-refractivity contribution >= 4 is 5.91 Å². The molecule has 0 spiro atoms. The fourth-order valence-electron chi connectivity index (χ4n) is 1.47. The number of carbonyl (C=O) groups excluding carboxylic acids is 1. The monoisotopic (exact) mass is 255 g/mol. The van der Waals surface area contributed by atoms with E-state index in [1.165, 1.54) is 24.3 Å². The number of amides is 1. The molecule has 0 saturated heterocycles. The second-order valence-electron chi connectivity index (χ2n) is 4.08. The van der Waals surface area contributed by atoms with Gasteiger partial charge in [-0.2, -0.15) is 0 Å². The third kappa shape index (κ3) is 5.63. The molecular formula is C13H18FNO3. The van der Waals surface area contributed by atoms with Gasteiger partial charge in [0.05, 0.1) is 0 Å². The Morgan fingerprint density at radius 3 is 2.72 bits per heavy atom. The highest BCUT2D eigenvalue weighted by molar-refractivity contribution is 5.77. The minimum absolute atomic E-state index is 0.00136. The maximum Gasteiger partial charge on any atom is 0.258 e. The highest BCUT2D eigenvalue weighted by Gasteiger charge is 2.07. The Kier molecular flexibility index (Phi) is 6.14. The molecule has 0 aromatic heterocycles. The van der Waals surface area contributed by atoms with E-state index >= 15 is 0 Å². The van der Waals surface area contributed by atoms with Gasteiger partial charge in [-0.1, -0.05) is 0 Å². The molecule has 0 heterocycles. The molecule has 2 N–H and O–H groups in total. The van der Waals surface area contributed by atoms with Crippen molar-refractivity contribution in [1.29, 1.82) is 0 Å². The number of halogens is 1. The largest absolute Gasteiger partial charge is 0.484 e. The second-order valence-corrected chi connectivity index (χ2v) is 4.08. The number of carbonyl (C=O) groups is 1. The lowest BCUT2D eigenvalue weighted by atomic mass is 10.2. The van der Waals surface area contributed by atoms with Crippen LogP contribution in [0.5, 0.6) is 5.75 Å². The van der Waals surface area contributed by atoms with Gasteiger partial charge in [0.15, 0.2) is 6.61 Å². The van der Waals surface area contributed by atoms with Crippen LogP contribution in [0.4, 0.5) is 4.39 Å². The average Bonchev–Trinajstić information content (AvgIpc) is 2.35. The van der Waals surface area contributed by atoms with Crippen LogP contribution >= 0.6 is 0 Å². The lowest BCUT2D eigenvalue weighted by molar-refractivity contribution is -0.123. The van der Waals surface area contributed by atoms with Crippen LogP contribution in [-0.4, -0.2) is 30.3 Å². The van der Waals surface area contributed by atoms with Gasteiger partial charge in [0.25, 0.3) is 5.91 Å². The van der Waals surface area contributed by atoms with E-state index in [1.54, 1.807) is 0 Å². The molecule has 4 nitrogen and oxygen atoms in total. The Balaban J connectivity index is 2.26. The van der Waals surface area contributed by atoms with E-state index < -0.39 is 0 Å². The van der Waals surface area contributed by atoms with Crippen molar-refractivity contribution in [1.82, 2.24) is 5.32 Å². The van der Waals surface area contributed by atoms with Crippen LogP contribution in [0.1, 0.15) is 19.8 Å². The SMILES string of the molecule is CC(CCCO)NC(=O)COc1ccc(F)cc1. The van der Waals surface area contributed by atoms with Crippen molar-refractivity contribution in [2.45, 2.75) is 25.8 Å². The molecule has 5 heteroatoms. The van der Waals surface area contributed by atoms with E-state index in [2.05, 4.69) is 5.32 Å². The van der Waals surface area contributed by atoms with Crippen molar-refractivity contribution in [3.63, 3.8) is 0 Å². The highest BCUT2D eigenvalue weighted by Crippen LogP contribution is 2.10. The molecule has 1 aromatic carbocycles. The average molecular weight is 255 g/mol. The first kappa shape index (κ1) is 14.4. The Morgan fingerprint density at radius 2 is 2.11 bits per heavy atom. The standard InChI is InChI=1S/C13H18FNO3/c1-10(3-2-8-16)15-13(17)9-18-12-6-4-11(14)5-7-12/h4-7,10,16H,2-3,8-9H2,1H3,(H,15,17). The van der Waals surface area contributed by atoms with E-state index in [1.807, 2.05) is 6.92 Å². The fourth-order valence-corrected chi connectivity index (χ4v) is 1.47. The van der Waals surface area contributed by atoms with Crippen LogP contribution in [-0.2, 0) is 4.79 Å². The molecule has 18 heavy (non-hydrogen) atoms. The first-order valence-corrected chi connectivity index (χ1v) is 5.90. The smallest absolute Gasteiger partial charge is 0.258 e. The van der Waals surface area contributed by atoms with E-state index in [-0.39, 0.29) is 31.0 Å². The summed E-state index contributed by atoms with van der Waals surface area (Å²) in [6.07, 6.45) is 1.37. The minimum Gasteiger partial charge on any atom is -0.484 e. The van der Waals surface area contributed by atoms with Crippen LogP contribution in [0.15, 0.2) is 24.3 Å². The topological polar surface area (TPSA) is 58.6 Å². The van der Waals surface area contributed by atoms with Crippen molar-refractivity contribution < 1.29 is 19.0 Å². The predicted molar refractivity (Wildman–Crippen MR) is 65.8 cm³/mol. The molecule has 0 aliphatic heterocycles. The van der Waals surface area contributed by atoms with Crippen LogP contribution in [0, 0.1) is 5.82 Å². The van der Waals surface area contributed by atoms with E-state index in [0.29, 0.717) is 12.2 Å². The molecule has 0 bridgehead atoms. The van der Waals surface area contributed by atoms with Gasteiger partial charge in [-0.05, 0) is 44.0 Å². The third-order valence-corrected chi connectivity index (χ3v) is 2.39. The second kappa shape index (κ2) is 7.66. The Hall–Kier alpha value is -1.62. The molecule has 1 aromatic rings. The molecule has 1 unspecified atom stereocenters. The summed E-state index contributed by atoms with van der Waals surface area (Å²) < 4.78 is 17.8. The Morgan fingerprint density at radius 1 is 1.44 bits per heavy atom. The number of aliphatic hydroxyl groups excluding tert-OH is 1. The molecule has 1 rings (SSSR count). The van der Waals surface area contributed by atoms with Gasteiger partial charge < -0.3 is 15.2 Å². The number of nitrogens with one attached hydrogen (secondary N) is 1. The first-order valence-electron chi connectivity index (χ1n) is 5.90. The maximum atomic E-state index is 12.6. The van der Waals surface area contributed by atoms with Crippen molar-refractivity contribution in [2.75, 3.05) is 13.2 Å². The van der Waals surface area contributed by atoms with E-state index in [9.17, 15) is 9.18 Å². The van der Waals surface area contributed by atoms with Gasteiger partial charge in [0, 0.05) is 12.6 Å². The summed E-state index contributed by atoms with van der Waals surface area (Å²) in [5.74, 6) is -0.122. The summed E-state index contributed by atoms with van der Waals surface area (Å²) in [5, 5.41) is 11.4. The molecule has 1 atom stereocenters. The summed E-state index contributed by atoms with van der Waals surface area (Å²) in [5.41, 5.74) is 0. The summed E-state index contributed by atoms with van der Waals surface area (Å²) in [6.45, 7) is 1.88. The minimum atomic E-state index is -0.343. The number of benzene rings is 1. The molecule has 0 aliphatic rings. The lowest BCUT2D eigenvalue weighted by Crippen LogP contribution is -2.36. The zero-order valence-corrected chi connectivity index (χ0v) is 10.4. The quantitative estimate of drug-likeness (QED) is 0.776. The number of ether oxygens (including phenoxy) is 1. The summed E-state index contributed by atoms with van der Waals surface area (Å²) >= 11 is 0. The molecule has 0 aliphatic carbocycles. The summed E-state index contributed by atoms with van der Waals surface area (Å²) in [4.78, 5) is 11.5. The van der Waals surface area contributed by atoms with Crippen molar-refractivity contribution in [3.8, 4) is 5.75 Å². The third-order valence-electron chi connectivity index (χ3n) is 2.39. The molecular weight excluding hydrogens is 237 g/mol. The van der Waals surface area contributed by atoms with Gasteiger partial charge in [-0.25, -0.2) is 4.39 Å². The van der Waals surface area contributed by atoms with E-state index in [4.69, 9.17) is 9.84 Å². The molecule has 1 amide bonds. The summed E-state index contributed by atoms with van der Waals surface area (Å²) in [7, 11) is 0. The van der Waals surface area contributed by atoms with Gasteiger partial charge in [-0.3, -0.25) is 4.79 Å². The lowest BCUT2D eigenvalue weighted by Gasteiger charge is -2.13. The highest BCUT2D eigenvalue weighted by atomic mass is 19.1. The van der Waals surface area contributed by atoms with Gasteiger partial charge in [0.2, 0.25) is 0 Å². The predicted octanol–water partition coefficient (Wildman–Crippen LogP) is 1.48. The molecule has 100 valence electrons. The summed E-state index contributed by atoms with van der Waals surface area (Å²) in [6, 6.07) is 5.49. The van der Waals surface area contributed by atoms with Crippen LogP contribution in [0.25, 0.3) is 0 Å². The molecule has 0 saturated carbocycles. The van der Waals surface area contributed by atoms with E-state index in [0.717, 1.165) is 6.42 Å². The normalized spacial score (nSPS) is 11.9. The molecule has 0 radical (unpaired) electrons. The van der Waals surface area contributed by atoms with Crippen LogP contribution < -0.4 is 10.1 Å². The zero-order chi connectivity index (χ0) is 13.4. The number of aliphatic hydroxyl groups is 1. The van der Waals surface area contributed by atoms with Crippen molar-refractivity contribution in [2.24, 2.45) is 0 Å². The van der Waals surface area contributed by atoms with Gasteiger partial charge >= 0.3 is 0 Å². The Labute approximate surface area is 106 Å². The number of rotatable bonds is 7. The van der Waals surface area contributed by atoms with Gasteiger partial charge in [-0.15, -0.1) is 0 Å². The van der Waals surface area contributed by atoms with Crippen LogP contribution in [0.3, 0.4) is 0 Å². The van der Waals surface area contributed by atoms with Crippen molar-refractivity contribution in [3.05, 3.63) is 30.1 Å². The van der Waals surface area contributed by atoms with Crippen LogP contribution in [0.2, 0.25) is 0 Å². The first-order chi connectivity index (χ1) is 8.61. The Bertz CT molecular complexity index is 367. The number of hydrogen-bond donors (Lipinski definition) is 2.